The number of nitrogens with one attached hydrogen (secondary N) is 2. The highest BCUT2D eigenvalue weighted by atomic mass is 32.2. The zero-order valence-electron chi connectivity index (χ0n) is 13.7. The lowest BCUT2D eigenvalue weighted by Gasteiger charge is -2.13. The number of rotatable bonds is 6. The fraction of sp³-hybridized carbons (Fsp3) is 0.312. The molecule has 0 radical (unpaired) electrons. The number of hydrogen-bond acceptors (Lipinski definition) is 4. The monoisotopic (exact) mass is 335 g/mol. The van der Waals surface area contributed by atoms with Gasteiger partial charge < -0.3 is 19.3 Å². The topological polar surface area (TPSA) is 72.4 Å². The van der Waals surface area contributed by atoms with Crippen LogP contribution in [0.5, 0.6) is 5.75 Å². The van der Waals surface area contributed by atoms with Crippen molar-refractivity contribution in [3.8, 4) is 16.9 Å². The second-order valence-electron chi connectivity index (χ2n) is 5.06. The van der Waals surface area contributed by atoms with Gasteiger partial charge >= 0.3 is 0 Å². The van der Waals surface area contributed by atoms with Crippen LogP contribution in [0.25, 0.3) is 11.1 Å². The van der Waals surface area contributed by atoms with E-state index in [2.05, 4.69) is 10.0 Å². The number of aromatic nitrogens is 1. The lowest BCUT2D eigenvalue weighted by molar-refractivity contribution is 0.417. The quantitative estimate of drug-likeness (QED) is 0.849. The second-order valence-corrected chi connectivity index (χ2v) is 6.17. The first-order valence-electron chi connectivity index (χ1n) is 7.19. The molecular formula is C16H21N3O3S. The number of nitrogens with zero attached hydrogens (tertiary/aromatic N) is 1. The molecule has 2 N–H and O–H groups in total. The molecule has 1 aromatic heterocycles. The van der Waals surface area contributed by atoms with E-state index in [0.29, 0.717) is 23.7 Å². The summed E-state index contributed by atoms with van der Waals surface area (Å²) in [7, 11) is 2.08. The first kappa shape index (κ1) is 17.1. The van der Waals surface area contributed by atoms with Gasteiger partial charge in [0.15, 0.2) is 0 Å². The normalized spacial score (nSPS) is 11.8. The van der Waals surface area contributed by atoms with Crippen molar-refractivity contribution in [3.63, 3.8) is 0 Å². The van der Waals surface area contributed by atoms with Crippen molar-refractivity contribution in [3.05, 3.63) is 40.8 Å². The Morgan fingerprint density at radius 2 is 1.91 bits per heavy atom. The van der Waals surface area contributed by atoms with Crippen LogP contribution in [0.15, 0.2) is 35.3 Å². The van der Waals surface area contributed by atoms with Crippen LogP contribution in [0, 0.1) is 0 Å². The lowest BCUT2D eigenvalue weighted by atomic mass is 10.1. The molecule has 1 heterocycles. The summed E-state index contributed by atoms with van der Waals surface area (Å²) in [6.45, 7) is 2.61. The summed E-state index contributed by atoms with van der Waals surface area (Å²) in [4.78, 5) is 12.1. The van der Waals surface area contributed by atoms with E-state index in [-0.39, 0.29) is 5.56 Å². The predicted octanol–water partition coefficient (Wildman–Crippen LogP) is 2.20. The first-order valence-corrected chi connectivity index (χ1v) is 8.75. The minimum atomic E-state index is -1.21. The maximum Gasteiger partial charge on any atom is 0.273 e. The summed E-state index contributed by atoms with van der Waals surface area (Å²) < 4.78 is 21.1. The highest BCUT2D eigenvalue weighted by molar-refractivity contribution is 7.85. The Morgan fingerprint density at radius 1 is 1.22 bits per heavy atom. The van der Waals surface area contributed by atoms with Gasteiger partial charge in [0.05, 0.1) is 12.8 Å². The fourth-order valence-corrected chi connectivity index (χ4v) is 2.78. The third-order valence-electron chi connectivity index (χ3n) is 3.34. The van der Waals surface area contributed by atoms with E-state index in [1.54, 1.807) is 31.2 Å². The van der Waals surface area contributed by atoms with Crippen LogP contribution in [0.4, 0.5) is 11.4 Å². The molecular weight excluding hydrogens is 314 g/mol. The van der Waals surface area contributed by atoms with E-state index < -0.39 is 11.0 Å². The molecule has 0 aliphatic carbocycles. The Bertz CT molecular complexity index is 787. The van der Waals surface area contributed by atoms with Gasteiger partial charge in [-0.25, -0.2) is 4.21 Å². The summed E-state index contributed by atoms with van der Waals surface area (Å²) in [5.41, 5.74) is 2.91. The molecule has 0 saturated carbocycles. The van der Waals surface area contributed by atoms with Crippen molar-refractivity contribution in [1.29, 1.82) is 0 Å². The van der Waals surface area contributed by atoms with E-state index in [4.69, 9.17) is 4.74 Å². The smallest absolute Gasteiger partial charge is 0.273 e. The Morgan fingerprint density at radius 3 is 2.52 bits per heavy atom. The number of methoxy groups -OCH3 is 1. The Kier molecular flexibility index (Phi) is 5.44. The van der Waals surface area contributed by atoms with Crippen LogP contribution < -0.4 is 20.3 Å². The van der Waals surface area contributed by atoms with Gasteiger partial charge in [-0.1, -0.05) is 6.07 Å². The van der Waals surface area contributed by atoms with Gasteiger partial charge in [-0.2, -0.15) is 0 Å². The summed E-state index contributed by atoms with van der Waals surface area (Å²) in [5, 5.41) is 3.07. The summed E-state index contributed by atoms with van der Waals surface area (Å²) in [5.74, 6) is 0.612. The molecule has 0 aliphatic rings. The average Bonchev–Trinajstić information content (AvgIpc) is 2.51. The molecule has 1 atom stereocenters. The highest BCUT2D eigenvalue weighted by Crippen LogP contribution is 2.31. The number of pyridine rings is 1. The maximum absolute atomic E-state index is 12.1. The zero-order valence-corrected chi connectivity index (χ0v) is 14.5. The Labute approximate surface area is 138 Å². The zero-order chi connectivity index (χ0) is 17.0. The standard InChI is InChI=1S/C16H21N3O3S/c1-5-17-14-9-12(10-19(2)16(14)20)11-6-7-15(22-3)13(8-11)18-23(4)21/h6-10,17-18H,5H2,1-4H3. The lowest BCUT2D eigenvalue weighted by Crippen LogP contribution is -2.20. The molecule has 0 amide bonds. The number of aryl methyl sites for hydroxylation is 1. The second kappa shape index (κ2) is 7.32. The molecule has 6 nitrogen and oxygen atoms in total. The minimum absolute atomic E-state index is 0.0721. The largest absolute Gasteiger partial charge is 0.495 e. The van der Waals surface area contributed by atoms with Crippen molar-refractivity contribution < 1.29 is 8.95 Å². The molecule has 23 heavy (non-hydrogen) atoms. The molecule has 0 saturated heterocycles. The van der Waals surface area contributed by atoms with Gasteiger partial charge in [0.1, 0.15) is 22.4 Å². The first-order chi connectivity index (χ1) is 11.0. The molecule has 124 valence electrons. The van der Waals surface area contributed by atoms with E-state index in [9.17, 15) is 9.00 Å². The SMILES string of the molecule is CCNc1cc(-c2ccc(OC)c(NS(C)=O)c2)cn(C)c1=O. The van der Waals surface area contributed by atoms with E-state index in [1.807, 2.05) is 31.2 Å². The molecule has 0 spiro atoms. The number of hydrogen-bond donors (Lipinski definition) is 2. The Hall–Kier alpha value is -2.28. The van der Waals surface area contributed by atoms with Gasteiger partial charge in [-0.15, -0.1) is 0 Å². The predicted molar refractivity (Wildman–Crippen MR) is 95.5 cm³/mol. The van der Waals surface area contributed by atoms with Crippen LogP contribution in [0.1, 0.15) is 6.92 Å². The number of anilines is 2. The summed E-state index contributed by atoms with van der Waals surface area (Å²) >= 11 is 0. The average molecular weight is 335 g/mol. The summed E-state index contributed by atoms with van der Waals surface area (Å²) in [6.07, 6.45) is 3.33. The van der Waals surface area contributed by atoms with Crippen molar-refractivity contribution in [2.75, 3.05) is 29.9 Å². The van der Waals surface area contributed by atoms with Gasteiger partial charge in [-0.3, -0.25) is 4.79 Å². The van der Waals surface area contributed by atoms with E-state index >= 15 is 0 Å². The number of ether oxygens (including phenoxy) is 1. The molecule has 2 rings (SSSR count). The van der Waals surface area contributed by atoms with Crippen LogP contribution in [-0.2, 0) is 18.0 Å². The molecule has 0 aliphatic heterocycles. The third-order valence-corrected chi connectivity index (χ3v) is 3.84. The van der Waals surface area contributed by atoms with Gasteiger partial charge in [0.2, 0.25) is 0 Å². The van der Waals surface area contributed by atoms with E-state index in [1.165, 1.54) is 0 Å². The van der Waals surface area contributed by atoms with Gasteiger partial charge in [-0.05, 0) is 30.7 Å². The molecule has 7 heteroatoms. The van der Waals surface area contributed by atoms with Gasteiger partial charge in [0.25, 0.3) is 5.56 Å². The highest BCUT2D eigenvalue weighted by Gasteiger charge is 2.10. The van der Waals surface area contributed by atoms with Crippen molar-refractivity contribution in [2.45, 2.75) is 6.92 Å². The van der Waals surface area contributed by atoms with Crippen molar-refractivity contribution >= 4 is 22.4 Å². The Balaban J connectivity index is 2.53. The van der Waals surface area contributed by atoms with Crippen LogP contribution in [0.3, 0.4) is 0 Å². The van der Waals surface area contributed by atoms with Crippen molar-refractivity contribution in [2.24, 2.45) is 7.05 Å². The van der Waals surface area contributed by atoms with Crippen molar-refractivity contribution in [1.82, 2.24) is 4.57 Å². The molecule has 2 aromatic rings. The molecule has 1 aromatic carbocycles. The molecule has 0 fully saturated rings. The maximum atomic E-state index is 12.1. The molecule has 1 unspecified atom stereocenters. The fourth-order valence-electron chi connectivity index (χ4n) is 2.31. The summed E-state index contributed by atoms with van der Waals surface area (Å²) in [6, 6.07) is 7.39. The molecule has 0 bridgehead atoms. The van der Waals surface area contributed by atoms with E-state index in [0.717, 1.165) is 11.1 Å². The third kappa shape index (κ3) is 3.92. The van der Waals surface area contributed by atoms with Crippen LogP contribution in [-0.4, -0.2) is 28.7 Å². The minimum Gasteiger partial charge on any atom is -0.495 e. The number of benzene rings is 1. The van der Waals surface area contributed by atoms with Crippen LogP contribution in [0.2, 0.25) is 0 Å². The van der Waals surface area contributed by atoms with Crippen LogP contribution >= 0.6 is 0 Å². The van der Waals surface area contributed by atoms with Gasteiger partial charge in [0, 0.05) is 31.6 Å².